The predicted molar refractivity (Wildman–Crippen MR) is 132 cm³/mol. The average molecular weight is 538 g/mol. The van der Waals surface area contributed by atoms with Gasteiger partial charge in [0.1, 0.15) is 0 Å². The van der Waals surface area contributed by atoms with E-state index >= 15 is 0 Å². The average Bonchev–Trinajstić information content (AvgIpc) is 3.19. The molecule has 3 N–H and O–H groups in total. The second-order valence-electron chi connectivity index (χ2n) is 6.58. The maximum absolute atomic E-state index is 12.8. The maximum atomic E-state index is 12.8. The summed E-state index contributed by atoms with van der Waals surface area (Å²) in [5.74, 6) is 1.14. The molecule has 0 radical (unpaired) electrons. The molecule has 3 rings (SSSR count). The van der Waals surface area contributed by atoms with E-state index in [9.17, 15) is 4.79 Å². The highest BCUT2D eigenvalue weighted by Gasteiger charge is 2.24. The zero-order valence-electron chi connectivity index (χ0n) is 18.1. The first-order chi connectivity index (χ1) is 14.8. The van der Waals surface area contributed by atoms with Crippen molar-refractivity contribution >= 4 is 53.9 Å². The summed E-state index contributed by atoms with van der Waals surface area (Å²) in [6.07, 6.45) is 2.91. The second kappa shape index (κ2) is 12.9. The Kier molecular flexibility index (Phi) is 11.2. The van der Waals surface area contributed by atoms with Crippen molar-refractivity contribution in [2.24, 2.45) is 5.73 Å². The number of oxazole rings is 1. The molecule has 8 nitrogen and oxygen atoms in total. The van der Waals surface area contributed by atoms with Crippen LogP contribution in [0, 0.1) is 0 Å². The third-order valence-corrected chi connectivity index (χ3v) is 5.02. The first-order valence-electron chi connectivity index (χ1n) is 9.49. The van der Waals surface area contributed by atoms with Crippen LogP contribution in [-0.4, -0.2) is 29.6 Å². The molecule has 0 aliphatic heterocycles. The van der Waals surface area contributed by atoms with Gasteiger partial charge in [-0.15, -0.1) is 24.8 Å². The lowest BCUT2D eigenvalue weighted by molar-refractivity contribution is 0.0944. The Morgan fingerprint density at radius 1 is 1.21 bits per heavy atom. The molecule has 33 heavy (non-hydrogen) atoms. The summed E-state index contributed by atoms with van der Waals surface area (Å²) in [6.45, 7) is 4.13. The number of rotatable bonds is 8. The number of carbonyl (C=O) groups is 1. The fraction of sp³-hybridized carbons (Fsp3) is 0.286. The number of halogens is 4. The Bertz CT molecular complexity index is 1070. The minimum atomic E-state index is -0.556. The van der Waals surface area contributed by atoms with Crippen molar-refractivity contribution in [1.82, 2.24) is 15.3 Å². The van der Waals surface area contributed by atoms with Crippen molar-refractivity contribution in [3.8, 4) is 23.0 Å². The van der Waals surface area contributed by atoms with Crippen LogP contribution in [0.4, 0.5) is 0 Å². The minimum absolute atomic E-state index is 0. The number of nitrogens with zero attached hydrogens (tertiary/aromatic N) is 2. The molecule has 2 heterocycles. The summed E-state index contributed by atoms with van der Waals surface area (Å²) in [5, 5.41) is 3.45. The summed E-state index contributed by atoms with van der Waals surface area (Å²) in [5.41, 5.74) is 7.26. The fourth-order valence-electron chi connectivity index (χ4n) is 2.86. The van der Waals surface area contributed by atoms with Crippen molar-refractivity contribution in [2.75, 3.05) is 13.7 Å². The minimum Gasteiger partial charge on any atom is -0.493 e. The molecule has 0 saturated carbocycles. The van der Waals surface area contributed by atoms with E-state index in [2.05, 4.69) is 15.3 Å². The predicted octanol–water partition coefficient (Wildman–Crippen LogP) is 5.24. The molecular weight excluding hydrogens is 514 g/mol. The van der Waals surface area contributed by atoms with Gasteiger partial charge in [-0.3, -0.25) is 9.78 Å². The van der Waals surface area contributed by atoms with E-state index in [1.165, 1.54) is 12.4 Å². The number of aromatic nitrogens is 2. The van der Waals surface area contributed by atoms with Crippen LogP contribution >= 0.6 is 48.0 Å². The largest absolute Gasteiger partial charge is 0.493 e. The van der Waals surface area contributed by atoms with Gasteiger partial charge in [0.25, 0.3) is 5.91 Å². The van der Waals surface area contributed by atoms with Crippen LogP contribution in [0.3, 0.4) is 0 Å². The smallest absolute Gasteiger partial charge is 0.273 e. The van der Waals surface area contributed by atoms with Gasteiger partial charge in [0.2, 0.25) is 5.89 Å². The summed E-state index contributed by atoms with van der Waals surface area (Å²) >= 11 is 12.2. The van der Waals surface area contributed by atoms with E-state index in [-0.39, 0.29) is 48.7 Å². The molecule has 1 amide bonds. The molecule has 12 heteroatoms. The van der Waals surface area contributed by atoms with Gasteiger partial charge in [0.15, 0.2) is 23.0 Å². The SMILES string of the molecule is CCOc1cc(-c2nc(C(=O)NCc3c(Cl)cncc3Cl)c(C(C)N)o2)ccc1OC.Cl.Cl. The number of carbonyl (C=O) groups excluding carboxylic acids is 1. The number of nitrogens with one attached hydrogen (secondary N) is 1. The summed E-state index contributed by atoms with van der Waals surface area (Å²) in [4.78, 5) is 21.1. The number of hydrogen-bond acceptors (Lipinski definition) is 7. The summed E-state index contributed by atoms with van der Waals surface area (Å²) < 4.78 is 16.7. The highest BCUT2D eigenvalue weighted by molar-refractivity contribution is 6.35. The monoisotopic (exact) mass is 536 g/mol. The number of pyridine rings is 1. The first-order valence-corrected chi connectivity index (χ1v) is 10.2. The molecule has 1 unspecified atom stereocenters. The maximum Gasteiger partial charge on any atom is 0.273 e. The Morgan fingerprint density at radius 3 is 2.45 bits per heavy atom. The van der Waals surface area contributed by atoms with E-state index in [1.807, 2.05) is 6.92 Å². The van der Waals surface area contributed by atoms with Crippen LogP contribution in [0.5, 0.6) is 11.5 Å². The van der Waals surface area contributed by atoms with Crippen LogP contribution in [0.25, 0.3) is 11.5 Å². The van der Waals surface area contributed by atoms with Gasteiger partial charge < -0.3 is 24.9 Å². The van der Waals surface area contributed by atoms with Gasteiger partial charge in [0.05, 0.1) is 29.8 Å². The Balaban J connectivity index is 0.00000272. The topological polar surface area (TPSA) is 112 Å². The molecule has 0 bridgehead atoms. The Labute approximate surface area is 214 Å². The normalized spacial score (nSPS) is 11.1. The molecule has 0 saturated heterocycles. The van der Waals surface area contributed by atoms with E-state index in [0.717, 1.165) is 0 Å². The van der Waals surface area contributed by atoms with Crippen molar-refractivity contribution < 1.29 is 18.7 Å². The van der Waals surface area contributed by atoms with Gasteiger partial charge >= 0.3 is 0 Å². The Morgan fingerprint density at radius 2 is 1.88 bits per heavy atom. The lowest BCUT2D eigenvalue weighted by Crippen LogP contribution is -2.25. The molecule has 2 aromatic heterocycles. The van der Waals surface area contributed by atoms with Gasteiger partial charge in [0, 0.05) is 30.1 Å². The van der Waals surface area contributed by atoms with Gasteiger partial charge in [-0.05, 0) is 32.0 Å². The molecule has 0 aliphatic rings. The molecule has 180 valence electrons. The highest BCUT2D eigenvalue weighted by atomic mass is 35.5. The third-order valence-electron chi connectivity index (χ3n) is 4.37. The lowest BCUT2D eigenvalue weighted by atomic mass is 10.2. The van der Waals surface area contributed by atoms with Crippen LogP contribution < -0.4 is 20.5 Å². The zero-order valence-corrected chi connectivity index (χ0v) is 21.2. The molecule has 1 aromatic carbocycles. The quantitative estimate of drug-likeness (QED) is 0.403. The van der Waals surface area contributed by atoms with Crippen molar-refractivity contribution in [3.63, 3.8) is 0 Å². The number of hydrogen-bond donors (Lipinski definition) is 2. The molecule has 0 spiro atoms. The van der Waals surface area contributed by atoms with Crippen molar-refractivity contribution in [3.05, 3.63) is 57.7 Å². The Hall–Kier alpha value is -2.23. The van der Waals surface area contributed by atoms with Crippen molar-refractivity contribution in [1.29, 1.82) is 0 Å². The fourth-order valence-corrected chi connectivity index (χ4v) is 3.36. The van der Waals surface area contributed by atoms with Crippen LogP contribution in [-0.2, 0) is 6.54 Å². The molecule has 0 fully saturated rings. The van der Waals surface area contributed by atoms with Crippen molar-refractivity contribution in [2.45, 2.75) is 26.4 Å². The number of amides is 1. The standard InChI is InChI=1S/C21H22Cl2N4O4.2ClH/c1-4-30-17-7-12(5-6-16(17)29-3)21-27-18(19(31-21)11(2)24)20(28)26-8-13-14(22)9-25-10-15(13)23;;/h5-7,9-11H,4,8,24H2,1-3H3,(H,26,28);2*1H. The van der Waals surface area contributed by atoms with E-state index in [1.54, 1.807) is 32.2 Å². The van der Waals surface area contributed by atoms with E-state index < -0.39 is 11.9 Å². The molecule has 1 atom stereocenters. The van der Waals surface area contributed by atoms with Crippen LogP contribution in [0.2, 0.25) is 10.0 Å². The van der Waals surface area contributed by atoms with Crippen LogP contribution in [0.1, 0.15) is 41.7 Å². The number of methoxy groups -OCH3 is 1. The first kappa shape index (κ1) is 28.8. The van der Waals surface area contributed by atoms with E-state index in [4.69, 9.17) is 42.8 Å². The molecular formula is C21H24Cl4N4O4. The summed E-state index contributed by atoms with van der Waals surface area (Å²) in [6, 6.07) is 4.68. The number of benzene rings is 1. The van der Waals surface area contributed by atoms with E-state index in [0.29, 0.717) is 39.3 Å². The summed E-state index contributed by atoms with van der Waals surface area (Å²) in [7, 11) is 1.56. The second-order valence-corrected chi connectivity index (χ2v) is 7.40. The number of nitrogens with two attached hydrogens (primary N) is 1. The molecule has 3 aromatic rings. The molecule has 0 aliphatic carbocycles. The van der Waals surface area contributed by atoms with Gasteiger partial charge in [-0.2, -0.15) is 0 Å². The van der Waals surface area contributed by atoms with Crippen LogP contribution in [0.15, 0.2) is 35.0 Å². The van der Waals surface area contributed by atoms with Gasteiger partial charge in [-0.25, -0.2) is 4.98 Å². The van der Waals surface area contributed by atoms with Gasteiger partial charge in [-0.1, -0.05) is 23.2 Å². The zero-order chi connectivity index (χ0) is 22.5. The lowest BCUT2D eigenvalue weighted by Gasteiger charge is -2.09. The number of ether oxygens (including phenoxy) is 2. The highest BCUT2D eigenvalue weighted by Crippen LogP contribution is 2.34. The third kappa shape index (κ3) is 6.65.